The first-order chi connectivity index (χ1) is 6.07. The van der Waals surface area contributed by atoms with Crippen LogP contribution in [0.2, 0.25) is 5.02 Å². The van der Waals surface area contributed by atoms with E-state index in [2.05, 4.69) is 38.5 Å². The molecule has 0 heterocycles. The topological polar surface area (TPSA) is 17.1 Å². The van der Waals surface area contributed by atoms with Crippen molar-refractivity contribution in [2.75, 3.05) is 5.33 Å². The Labute approximate surface area is 104 Å². The molecule has 1 nitrogen and oxygen atoms in total. The van der Waals surface area contributed by atoms with Gasteiger partial charge in [0.1, 0.15) is 0 Å². The predicted octanol–water partition coefficient (Wildman–Crippen LogP) is 3.83. The van der Waals surface area contributed by atoms with Crippen LogP contribution in [0, 0.1) is 10.5 Å². The number of rotatable bonds is 2. The molecular weight excluding hydrogens is 366 g/mol. The summed E-state index contributed by atoms with van der Waals surface area (Å²) in [5.74, 6) is 0.0287. The number of carbonyl (C=O) groups is 1. The molecule has 1 rings (SSSR count). The normalized spacial score (nSPS) is 10.2. The van der Waals surface area contributed by atoms with Gasteiger partial charge in [0, 0.05) is 9.13 Å². The minimum atomic E-state index is 0.0287. The summed E-state index contributed by atoms with van der Waals surface area (Å²) in [5, 5.41) is 0.843. The number of halogens is 3. The highest BCUT2D eigenvalue weighted by Crippen LogP contribution is 2.24. The van der Waals surface area contributed by atoms with E-state index in [4.69, 9.17) is 11.6 Å². The van der Waals surface area contributed by atoms with Gasteiger partial charge in [0.05, 0.1) is 10.4 Å². The second kappa shape index (κ2) is 4.75. The van der Waals surface area contributed by atoms with Gasteiger partial charge >= 0.3 is 0 Å². The molecule has 0 aromatic heterocycles. The lowest BCUT2D eigenvalue weighted by atomic mass is 10.1. The summed E-state index contributed by atoms with van der Waals surface area (Å²) in [7, 11) is 0. The van der Waals surface area contributed by atoms with Crippen LogP contribution in [-0.4, -0.2) is 11.1 Å². The molecule has 0 aliphatic rings. The Hall–Kier alpha value is 0.390. The maximum atomic E-state index is 11.5. The quantitative estimate of drug-likeness (QED) is 0.437. The van der Waals surface area contributed by atoms with E-state index in [0.29, 0.717) is 15.9 Å². The molecule has 0 fully saturated rings. The Kier molecular flexibility index (Phi) is 4.19. The first-order valence-corrected chi connectivity index (χ1v) is 6.19. The fourth-order valence-electron chi connectivity index (χ4n) is 1.06. The van der Waals surface area contributed by atoms with Crippen molar-refractivity contribution in [1.29, 1.82) is 0 Å². The van der Waals surface area contributed by atoms with Gasteiger partial charge in [-0.2, -0.15) is 0 Å². The molecule has 0 saturated heterocycles. The summed E-state index contributed by atoms with van der Waals surface area (Å²) >= 11 is 11.3. The van der Waals surface area contributed by atoms with E-state index in [-0.39, 0.29) is 5.78 Å². The Balaban J connectivity index is 3.33. The predicted molar refractivity (Wildman–Crippen MR) is 67.0 cm³/mol. The standard InChI is InChI=1S/C9H7BrClIO/c1-5-7(12)3-2-6(11)9(5)8(13)4-10/h2-3H,4H2,1H3. The van der Waals surface area contributed by atoms with E-state index in [1.807, 2.05) is 13.0 Å². The van der Waals surface area contributed by atoms with Gasteiger partial charge in [-0.05, 0) is 47.2 Å². The number of benzene rings is 1. The molecule has 0 saturated carbocycles. The summed E-state index contributed by atoms with van der Waals surface area (Å²) in [5.41, 5.74) is 1.59. The van der Waals surface area contributed by atoms with Crippen molar-refractivity contribution >= 4 is 55.9 Å². The van der Waals surface area contributed by atoms with Crippen molar-refractivity contribution in [2.45, 2.75) is 6.92 Å². The molecule has 4 heteroatoms. The molecular formula is C9H7BrClIO. The van der Waals surface area contributed by atoms with Gasteiger partial charge in [0.25, 0.3) is 0 Å². The molecule has 0 aliphatic heterocycles. The minimum absolute atomic E-state index is 0.0287. The fourth-order valence-corrected chi connectivity index (χ4v) is 2.10. The van der Waals surface area contributed by atoms with Crippen LogP contribution in [0.3, 0.4) is 0 Å². The Morgan fingerprint density at radius 1 is 1.62 bits per heavy atom. The third-order valence-electron chi connectivity index (χ3n) is 1.75. The average Bonchev–Trinajstić information content (AvgIpc) is 2.12. The van der Waals surface area contributed by atoms with E-state index < -0.39 is 0 Å². The SMILES string of the molecule is Cc1c(I)ccc(Cl)c1C(=O)CBr. The third kappa shape index (κ3) is 2.44. The van der Waals surface area contributed by atoms with Crippen LogP contribution in [0.4, 0.5) is 0 Å². The van der Waals surface area contributed by atoms with E-state index in [0.717, 1.165) is 9.13 Å². The first-order valence-electron chi connectivity index (χ1n) is 3.61. The second-order valence-electron chi connectivity index (χ2n) is 2.59. The monoisotopic (exact) mass is 372 g/mol. The van der Waals surface area contributed by atoms with E-state index in [1.54, 1.807) is 6.07 Å². The fraction of sp³-hybridized carbons (Fsp3) is 0.222. The van der Waals surface area contributed by atoms with Crippen molar-refractivity contribution in [3.63, 3.8) is 0 Å². The summed E-state index contributed by atoms with van der Waals surface area (Å²) in [6.45, 7) is 1.91. The Morgan fingerprint density at radius 2 is 2.23 bits per heavy atom. The molecule has 13 heavy (non-hydrogen) atoms. The molecule has 0 spiro atoms. The van der Waals surface area contributed by atoms with Gasteiger partial charge in [-0.3, -0.25) is 4.79 Å². The highest BCUT2D eigenvalue weighted by Gasteiger charge is 2.13. The van der Waals surface area contributed by atoms with Crippen molar-refractivity contribution < 1.29 is 4.79 Å². The van der Waals surface area contributed by atoms with Gasteiger partial charge in [0.15, 0.2) is 5.78 Å². The van der Waals surface area contributed by atoms with Gasteiger partial charge < -0.3 is 0 Å². The number of hydrogen-bond donors (Lipinski definition) is 0. The molecule has 0 bridgehead atoms. The molecule has 0 amide bonds. The van der Waals surface area contributed by atoms with Crippen molar-refractivity contribution in [1.82, 2.24) is 0 Å². The lowest BCUT2D eigenvalue weighted by molar-refractivity contribution is 0.102. The van der Waals surface area contributed by atoms with Gasteiger partial charge in [-0.15, -0.1) is 0 Å². The maximum absolute atomic E-state index is 11.5. The van der Waals surface area contributed by atoms with Crippen molar-refractivity contribution in [3.8, 4) is 0 Å². The van der Waals surface area contributed by atoms with Crippen LogP contribution in [-0.2, 0) is 0 Å². The van der Waals surface area contributed by atoms with Crippen LogP contribution < -0.4 is 0 Å². The molecule has 1 aromatic carbocycles. The smallest absolute Gasteiger partial charge is 0.175 e. The largest absolute Gasteiger partial charge is 0.293 e. The number of carbonyl (C=O) groups excluding carboxylic acids is 1. The lowest BCUT2D eigenvalue weighted by Gasteiger charge is -2.07. The molecule has 0 radical (unpaired) electrons. The highest BCUT2D eigenvalue weighted by molar-refractivity contribution is 14.1. The molecule has 0 atom stereocenters. The molecule has 1 aromatic rings. The number of Topliss-reactive ketones (excluding diaryl/α,β-unsaturated/α-hetero) is 1. The molecule has 70 valence electrons. The van der Waals surface area contributed by atoms with Crippen LogP contribution in [0.1, 0.15) is 15.9 Å². The van der Waals surface area contributed by atoms with Crippen LogP contribution in [0.25, 0.3) is 0 Å². The summed E-state index contributed by atoms with van der Waals surface area (Å²) in [6, 6.07) is 3.66. The molecule has 0 unspecified atom stereocenters. The number of ketones is 1. The second-order valence-corrected chi connectivity index (χ2v) is 4.72. The zero-order valence-corrected chi connectivity index (χ0v) is 11.4. The van der Waals surface area contributed by atoms with E-state index in [1.165, 1.54) is 0 Å². The minimum Gasteiger partial charge on any atom is -0.293 e. The first kappa shape index (κ1) is 11.5. The zero-order valence-electron chi connectivity index (χ0n) is 6.90. The van der Waals surface area contributed by atoms with Gasteiger partial charge in [-0.1, -0.05) is 27.5 Å². The van der Waals surface area contributed by atoms with E-state index >= 15 is 0 Å². The molecule has 0 N–H and O–H groups in total. The summed E-state index contributed by atoms with van der Waals surface area (Å²) in [6.07, 6.45) is 0. The Morgan fingerprint density at radius 3 is 2.77 bits per heavy atom. The number of hydrogen-bond acceptors (Lipinski definition) is 1. The maximum Gasteiger partial charge on any atom is 0.175 e. The summed E-state index contributed by atoms with van der Waals surface area (Å²) < 4.78 is 1.06. The van der Waals surface area contributed by atoms with Crippen molar-refractivity contribution in [2.24, 2.45) is 0 Å². The average molecular weight is 373 g/mol. The van der Waals surface area contributed by atoms with Gasteiger partial charge in [0.2, 0.25) is 0 Å². The number of alkyl halides is 1. The van der Waals surface area contributed by atoms with E-state index in [9.17, 15) is 4.79 Å². The third-order valence-corrected chi connectivity index (χ3v) is 3.74. The highest BCUT2D eigenvalue weighted by atomic mass is 127. The zero-order chi connectivity index (χ0) is 10.0. The van der Waals surface area contributed by atoms with Crippen LogP contribution >= 0.6 is 50.1 Å². The van der Waals surface area contributed by atoms with Crippen LogP contribution in [0.15, 0.2) is 12.1 Å². The summed E-state index contributed by atoms with van der Waals surface area (Å²) in [4.78, 5) is 11.5. The molecule has 0 aliphatic carbocycles. The van der Waals surface area contributed by atoms with Crippen molar-refractivity contribution in [3.05, 3.63) is 31.9 Å². The Bertz CT molecular complexity index is 352. The lowest BCUT2D eigenvalue weighted by Crippen LogP contribution is -2.04. The van der Waals surface area contributed by atoms with Crippen LogP contribution in [0.5, 0.6) is 0 Å². The van der Waals surface area contributed by atoms with Gasteiger partial charge in [-0.25, -0.2) is 0 Å².